The van der Waals surface area contributed by atoms with Crippen molar-refractivity contribution in [1.82, 2.24) is 4.98 Å². The molecule has 1 saturated carbocycles. The van der Waals surface area contributed by atoms with Crippen LogP contribution in [-0.2, 0) is 25.8 Å². The Hall–Kier alpha value is -4.15. The molecule has 2 N–H and O–H groups in total. The van der Waals surface area contributed by atoms with Crippen LogP contribution in [0.4, 0.5) is 18.9 Å². The molecule has 1 aliphatic rings. The van der Waals surface area contributed by atoms with Crippen molar-refractivity contribution in [3.8, 4) is 5.75 Å². The highest BCUT2D eigenvalue weighted by molar-refractivity contribution is 5.98. The van der Waals surface area contributed by atoms with Crippen molar-refractivity contribution in [2.24, 2.45) is 17.6 Å². The number of nitrogens with two attached hydrogens (primary N) is 1. The largest absolute Gasteiger partial charge is 0.493 e. The fourth-order valence-corrected chi connectivity index (χ4v) is 4.37. The van der Waals surface area contributed by atoms with Crippen molar-refractivity contribution < 1.29 is 37.1 Å². The van der Waals surface area contributed by atoms with Crippen molar-refractivity contribution in [1.29, 1.82) is 0 Å². The molecule has 0 radical (unpaired) electrons. The van der Waals surface area contributed by atoms with E-state index in [2.05, 4.69) is 9.82 Å². The van der Waals surface area contributed by atoms with Crippen molar-refractivity contribution in [2.75, 3.05) is 5.06 Å². The van der Waals surface area contributed by atoms with Crippen LogP contribution in [0.15, 0.2) is 60.8 Å². The van der Waals surface area contributed by atoms with Gasteiger partial charge in [-0.1, -0.05) is 31.0 Å². The van der Waals surface area contributed by atoms with Crippen LogP contribution in [-0.4, -0.2) is 28.9 Å². The third kappa shape index (κ3) is 5.99. The van der Waals surface area contributed by atoms with Crippen molar-refractivity contribution in [3.63, 3.8) is 0 Å². The van der Waals surface area contributed by atoms with Crippen LogP contribution in [0.5, 0.6) is 5.75 Å². The van der Waals surface area contributed by atoms with E-state index in [0.29, 0.717) is 35.6 Å². The predicted molar refractivity (Wildman–Crippen MR) is 127 cm³/mol. The highest BCUT2D eigenvalue weighted by atomic mass is 19.4. The zero-order chi connectivity index (χ0) is 26.6. The number of alkyl halides is 3. The van der Waals surface area contributed by atoms with Crippen LogP contribution >= 0.6 is 0 Å². The lowest BCUT2D eigenvalue weighted by molar-refractivity contribution is -0.202. The molecule has 3 aromatic rings. The van der Waals surface area contributed by atoms with E-state index < -0.39 is 35.8 Å². The summed E-state index contributed by atoms with van der Waals surface area (Å²) < 4.78 is 44.8. The fourth-order valence-electron chi connectivity index (χ4n) is 4.37. The zero-order valence-corrected chi connectivity index (χ0v) is 19.6. The lowest BCUT2D eigenvalue weighted by Crippen LogP contribution is -2.46. The molecule has 2 atom stereocenters. The van der Waals surface area contributed by atoms with Crippen molar-refractivity contribution in [2.45, 2.75) is 38.5 Å². The number of carbonyl (C=O) groups is 3. The van der Waals surface area contributed by atoms with Gasteiger partial charge in [0.25, 0.3) is 5.91 Å². The Bertz CT molecular complexity index is 1290. The highest BCUT2D eigenvalue weighted by Gasteiger charge is 2.45. The van der Waals surface area contributed by atoms with Crippen LogP contribution in [0.25, 0.3) is 10.9 Å². The maximum Gasteiger partial charge on any atom is 0.493 e. The van der Waals surface area contributed by atoms with E-state index in [1.807, 2.05) is 12.1 Å². The molecule has 37 heavy (non-hydrogen) atoms. The molecule has 0 spiro atoms. The number of primary amides is 1. The van der Waals surface area contributed by atoms with Crippen LogP contribution in [0.1, 0.15) is 31.2 Å². The van der Waals surface area contributed by atoms with Gasteiger partial charge in [-0.3, -0.25) is 14.6 Å². The molecule has 2 unspecified atom stereocenters. The lowest BCUT2D eigenvalue weighted by atomic mass is 9.78. The highest BCUT2D eigenvalue weighted by Crippen LogP contribution is 2.34. The summed E-state index contributed by atoms with van der Waals surface area (Å²) in [5.41, 5.74) is 6.73. The molecule has 194 valence electrons. The van der Waals surface area contributed by atoms with Gasteiger partial charge in [-0.05, 0) is 54.8 Å². The number of hydroxylamine groups is 1. The summed E-state index contributed by atoms with van der Waals surface area (Å²) in [6, 6.07) is 14.8. The minimum absolute atomic E-state index is 0.102. The second kappa shape index (κ2) is 10.9. The Labute approximate surface area is 210 Å². The van der Waals surface area contributed by atoms with E-state index in [-0.39, 0.29) is 18.7 Å². The number of hydrogen-bond acceptors (Lipinski definition) is 6. The third-order valence-electron chi connectivity index (χ3n) is 6.23. The van der Waals surface area contributed by atoms with Crippen molar-refractivity contribution in [3.05, 3.63) is 66.4 Å². The van der Waals surface area contributed by atoms with Crippen LogP contribution < -0.4 is 15.5 Å². The smallest absolute Gasteiger partial charge is 0.488 e. The first-order chi connectivity index (χ1) is 17.6. The molecule has 0 aliphatic heterocycles. The summed E-state index contributed by atoms with van der Waals surface area (Å²) >= 11 is 0. The van der Waals surface area contributed by atoms with E-state index >= 15 is 0 Å². The molecule has 11 heteroatoms. The number of hydrogen-bond donors (Lipinski definition) is 1. The molecule has 8 nitrogen and oxygen atoms in total. The Morgan fingerprint density at radius 3 is 2.35 bits per heavy atom. The lowest BCUT2D eigenvalue weighted by Gasteiger charge is -2.32. The summed E-state index contributed by atoms with van der Waals surface area (Å²) in [6.45, 7) is 0.122. The van der Waals surface area contributed by atoms with Crippen LogP contribution in [0.2, 0.25) is 0 Å². The Morgan fingerprint density at radius 1 is 0.973 bits per heavy atom. The molecule has 0 bridgehead atoms. The summed E-state index contributed by atoms with van der Waals surface area (Å²) in [5, 5.41) is 1.12. The number of rotatable bonds is 6. The van der Waals surface area contributed by atoms with Gasteiger partial charge in [-0.15, -0.1) is 5.06 Å². The summed E-state index contributed by atoms with van der Waals surface area (Å²) in [7, 11) is 0. The van der Waals surface area contributed by atoms with E-state index in [9.17, 15) is 27.6 Å². The number of halogens is 3. The number of pyridine rings is 1. The van der Waals surface area contributed by atoms with Gasteiger partial charge < -0.3 is 15.3 Å². The Morgan fingerprint density at radius 2 is 1.68 bits per heavy atom. The SMILES string of the molecule is NC(=O)C1CCCCC1C(=O)N(OC(=O)C(F)(F)F)c1ccc(COc2cccc3ncccc23)cc1. The molecular weight excluding hydrogens is 491 g/mol. The molecule has 1 fully saturated rings. The molecule has 1 heterocycles. The number of nitrogens with zero attached hydrogens (tertiary/aromatic N) is 2. The average molecular weight is 515 g/mol. The van der Waals surface area contributed by atoms with Gasteiger partial charge in [0, 0.05) is 17.5 Å². The first kappa shape index (κ1) is 25.9. The number of benzene rings is 2. The average Bonchev–Trinajstić information content (AvgIpc) is 2.89. The number of amides is 2. The predicted octanol–water partition coefficient (Wildman–Crippen LogP) is 4.46. The number of anilines is 1. The summed E-state index contributed by atoms with van der Waals surface area (Å²) in [5.74, 6) is -5.49. The molecule has 0 saturated heterocycles. The Kier molecular flexibility index (Phi) is 7.61. The van der Waals surface area contributed by atoms with Gasteiger partial charge in [0.05, 0.1) is 17.1 Å². The first-order valence-electron chi connectivity index (χ1n) is 11.6. The maximum absolute atomic E-state index is 13.2. The van der Waals surface area contributed by atoms with Crippen molar-refractivity contribution >= 4 is 34.4 Å². The number of carbonyl (C=O) groups excluding carboxylic acids is 3. The molecular formula is C26H24F3N3O5. The van der Waals surface area contributed by atoms with Gasteiger partial charge >= 0.3 is 12.1 Å². The van der Waals surface area contributed by atoms with Crippen LogP contribution in [0, 0.1) is 11.8 Å². The van der Waals surface area contributed by atoms with E-state index in [1.165, 1.54) is 24.3 Å². The molecule has 1 aromatic heterocycles. The minimum atomic E-state index is -5.32. The fraction of sp³-hybridized carbons (Fsp3) is 0.308. The quantitative estimate of drug-likeness (QED) is 0.485. The molecule has 2 amide bonds. The second-order valence-corrected chi connectivity index (χ2v) is 8.69. The second-order valence-electron chi connectivity index (χ2n) is 8.69. The van der Waals surface area contributed by atoms with Gasteiger partial charge in [0.2, 0.25) is 5.91 Å². The number of fused-ring (bicyclic) bond motifs is 1. The van der Waals surface area contributed by atoms with Gasteiger partial charge in [-0.2, -0.15) is 13.2 Å². The Balaban J connectivity index is 1.55. The summed E-state index contributed by atoms with van der Waals surface area (Å²) in [6.07, 6.45) is -1.86. The molecule has 1 aliphatic carbocycles. The van der Waals surface area contributed by atoms with Gasteiger partial charge in [0.1, 0.15) is 12.4 Å². The topological polar surface area (TPSA) is 112 Å². The number of ether oxygens (including phenoxy) is 1. The first-order valence-corrected chi connectivity index (χ1v) is 11.6. The number of aromatic nitrogens is 1. The molecule has 2 aromatic carbocycles. The monoisotopic (exact) mass is 515 g/mol. The third-order valence-corrected chi connectivity index (χ3v) is 6.23. The standard InChI is InChI=1S/C26H24F3N3O5/c27-26(28,29)25(35)37-32(24(34)19-6-2-1-5-18(19)23(30)33)17-12-10-16(11-13-17)15-36-22-9-3-8-21-20(22)7-4-14-31-21/h3-4,7-14,18-19H,1-2,5-6,15H2,(H2,30,33). The zero-order valence-electron chi connectivity index (χ0n) is 19.6. The van der Waals surface area contributed by atoms with Gasteiger partial charge in [0.15, 0.2) is 0 Å². The van der Waals surface area contributed by atoms with E-state index in [1.54, 1.807) is 24.4 Å². The van der Waals surface area contributed by atoms with Crippen LogP contribution in [0.3, 0.4) is 0 Å². The van der Waals surface area contributed by atoms with E-state index in [4.69, 9.17) is 10.5 Å². The van der Waals surface area contributed by atoms with E-state index in [0.717, 1.165) is 10.9 Å². The maximum atomic E-state index is 13.2. The summed E-state index contributed by atoms with van der Waals surface area (Å²) in [4.78, 5) is 45.5. The normalized spacial score (nSPS) is 17.7. The molecule has 4 rings (SSSR count). The van der Waals surface area contributed by atoms with Gasteiger partial charge in [-0.25, -0.2) is 4.79 Å². The minimum Gasteiger partial charge on any atom is -0.488 e.